The van der Waals surface area contributed by atoms with Crippen LogP contribution in [0.4, 0.5) is 10.8 Å². The summed E-state index contributed by atoms with van der Waals surface area (Å²) >= 11 is 1.36. The molecule has 0 fully saturated rings. The Kier molecular flexibility index (Phi) is 6.09. The SMILES string of the molecule is COc1ccc2nc(NC(=O)COc3cccc(NC(=O)c4ccccc4)c3)sc2c1. The van der Waals surface area contributed by atoms with Gasteiger partial charge in [-0.15, -0.1) is 0 Å². The molecule has 1 aromatic heterocycles. The summed E-state index contributed by atoms with van der Waals surface area (Å²) in [5.41, 5.74) is 1.91. The molecule has 0 saturated heterocycles. The molecular formula is C23H19N3O4S. The summed E-state index contributed by atoms with van der Waals surface area (Å²) in [6, 6.07) is 21.3. The highest BCUT2D eigenvalue weighted by Gasteiger charge is 2.10. The van der Waals surface area contributed by atoms with E-state index in [-0.39, 0.29) is 18.4 Å². The van der Waals surface area contributed by atoms with E-state index in [1.54, 1.807) is 55.6 Å². The third-order valence-electron chi connectivity index (χ3n) is 4.34. The van der Waals surface area contributed by atoms with Crippen molar-refractivity contribution >= 4 is 44.2 Å². The quantitative estimate of drug-likeness (QED) is 0.445. The number of hydrogen-bond donors (Lipinski definition) is 2. The van der Waals surface area contributed by atoms with E-state index in [0.29, 0.717) is 22.1 Å². The average molecular weight is 433 g/mol. The Labute approximate surface area is 182 Å². The smallest absolute Gasteiger partial charge is 0.264 e. The molecule has 0 unspecified atom stereocenters. The number of methoxy groups -OCH3 is 1. The minimum Gasteiger partial charge on any atom is -0.497 e. The van der Waals surface area contributed by atoms with Crippen molar-refractivity contribution < 1.29 is 19.1 Å². The van der Waals surface area contributed by atoms with Gasteiger partial charge in [0.2, 0.25) is 0 Å². The molecule has 0 atom stereocenters. The highest BCUT2D eigenvalue weighted by Crippen LogP contribution is 2.29. The molecule has 8 heteroatoms. The van der Waals surface area contributed by atoms with E-state index in [9.17, 15) is 9.59 Å². The highest BCUT2D eigenvalue weighted by atomic mass is 32.1. The molecule has 4 aromatic rings. The van der Waals surface area contributed by atoms with E-state index in [1.807, 2.05) is 24.3 Å². The fraction of sp³-hybridized carbons (Fsp3) is 0.0870. The zero-order valence-corrected chi connectivity index (χ0v) is 17.4. The fourth-order valence-corrected chi connectivity index (χ4v) is 3.76. The molecule has 0 spiro atoms. The second kappa shape index (κ2) is 9.27. The predicted molar refractivity (Wildman–Crippen MR) is 121 cm³/mol. The van der Waals surface area contributed by atoms with E-state index in [0.717, 1.165) is 16.0 Å². The van der Waals surface area contributed by atoms with Crippen molar-refractivity contribution in [2.24, 2.45) is 0 Å². The standard InChI is InChI=1S/C23H19N3O4S/c1-29-17-10-11-19-20(13-17)31-23(25-19)26-21(27)14-30-18-9-5-8-16(12-18)24-22(28)15-6-3-2-4-7-15/h2-13H,14H2,1H3,(H,24,28)(H,25,26,27). The third-order valence-corrected chi connectivity index (χ3v) is 5.27. The van der Waals surface area contributed by atoms with Crippen LogP contribution >= 0.6 is 11.3 Å². The summed E-state index contributed by atoms with van der Waals surface area (Å²) in [7, 11) is 1.60. The van der Waals surface area contributed by atoms with Crippen LogP contribution in [0.25, 0.3) is 10.2 Å². The van der Waals surface area contributed by atoms with Crippen LogP contribution in [-0.4, -0.2) is 30.5 Å². The molecule has 4 rings (SSSR count). The largest absolute Gasteiger partial charge is 0.497 e. The Balaban J connectivity index is 1.34. The molecule has 0 saturated carbocycles. The fourth-order valence-electron chi connectivity index (χ4n) is 2.85. The number of nitrogens with zero attached hydrogens (tertiary/aromatic N) is 1. The molecule has 7 nitrogen and oxygen atoms in total. The number of ether oxygens (including phenoxy) is 2. The summed E-state index contributed by atoms with van der Waals surface area (Å²) in [4.78, 5) is 28.9. The first-order chi connectivity index (χ1) is 15.1. The highest BCUT2D eigenvalue weighted by molar-refractivity contribution is 7.22. The summed E-state index contributed by atoms with van der Waals surface area (Å²) in [5, 5.41) is 6.04. The second-order valence-corrected chi connectivity index (χ2v) is 7.57. The van der Waals surface area contributed by atoms with Gasteiger partial charge in [-0.3, -0.25) is 14.9 Å². The maximum atomic E-state index is 12.3. The minimum absolute atomic E-state index is 0.185. The Bertz CT molecular complexity index is 1220. The lowest BCUT2D eigenvalue weighted by Crippen LogP contribution is -2.20. The number of carbonyl (C=O) groups is 2. The van der Waals surface area contributed by atoms with Crippen LogP contribution in [0.1, 0.15) is 10.4 Å². The molecule has 31 heavy (non-hydrogen) atoms. The van der Waals surface area contributed by atoms with Gasteiger partial charge in [0.1, 0.15) is 11.5 Å². The van der Waals surface area contributed by atoms with Crippen LogP contribution in [0, 0.1) is 0 Å². The van der Waals surface area contributed by atoms with Crippen molar-refractivity contribution in [1.29, 1.82) is 0 Å². The van der Waals surface area contributed by atoms with Crippen LogP contribution in [0.5, 0.6) is 11.5 Å². The number of anilines is 2. The first-order valence-corrected chi connectivity index (χ1v) is 10.3. The van der Waals surface area contributed by atoms with Gasteiger partial charge in [0.15, 0.2) is 11.7 Å². The average Bonchev–Trinajstić information content (AvgIpc) is 3.19. The number of amides is 2. The van der Waals surface area contributed by atoms with Gasteiger partial charge < -0.3 is 14.8 Å². The Morgan fingerprint density at radius 3 is 2.58 bits per heavy atom. The third kappa shape index (κ3) is 5.18. The second-order valence-electron chi connectivity index (χ2n) is 6.54. The zero-order valence-electron chi connectivity index (χ0n) is 16.6. The van der Waals surface area contributed by atoms with Crippen LogP contribution in [0.3, 0.4) is 0 Å². The minimum atomic E-state index is -0.329. The first kappa shape index (κ1) is 20.4. The number of carbonyl (C=O) groups excluding carboxylic acids is 2. The van der Waals surface area contributed by atoms with Crippen molar-refractivity contribution in [3.63, 3.8) is 0 Å². The molecular weight excluding hydrogens is 414 g/mol. The molecule has 0 radical (unpaired) electrons. The maximum absolute atomic E-state index is 12.3. The van der Waals surface area contributed by atoms with Gasteiger partial charge in [-0.25, -0.2) is 4.98 Å². The number of aromatic nitrogens is 1. The van der Waals surface area contributed by atoms with E-state index < -0.39 is 0 Å². The number of thiazole rings is 1. The Hall–Kier alpha value is -3.91. The molecule has 0 aliphatic carbocycles. The van der Waals surface area contributed by atoms with Crippen molar-refractivity contribution in [2.45, 2.75) is 0 Å². The van der Waals surface area contributed by atoms with Crippen molar-refractivity contribution in [3.8, 4) is 11.5 Å². The lowest BCUT2D eigenvalue weighted by Gasteiger charge is -2.09. The summed E-state index contributed by atoms with van der Waals surface area (Å²) < 4.78 is 11.7. The molecule has 0 bridgehead atoms. The molecule has 156 valence electrons. The lowest BCUT2D eigenvalue weighted by atomic mass is 10.2. The first-order valence-electron chi connectivity index (χ1n) is 9.44. The van der Waals surface area contributed by atoms with E-state index in [4.69, 9.17) is 9.47 Å². The maximum Gasteiger partial charge on any atom is 0.264 e. The molecule has 0 aliphatic rings. The summed E-state index contributed by atoms with van der Waals surface area (Å²) in [6.07, 6.45) is 0. The monoisotopic (exact) mass is 433 g/mol. The predicted octanol–water partition coefficient (Wildman–Crippen LogP) is 4.57. The number of hydrogen-bond acceptors (Lipinski definition) is 6. The van der Waals surface area contributed by atoms with E-state index >= 15 is 0 Å². The van der Waals surface area contributed by atoms with Crippen LogP contribution in [0.15, 0.2) is 72.8 Å². The molecule has 1 heterocycles. The van der Waals surface area contributed by atoms with Gasteiger partial charge in [-0.2, -0.15) is 0 Å². The van der Waals surface area contributed by atoms with E-state index in [2.05, 4.69) is 15.6 Å². The van der Waals surface area contributed by atoms with Gasteiger partial charge in [0.05, 0.1) is 17.3 Å². The van der Waals surface area contributed by atoms with Crippen LogP contribution in [-0.2, 0) is 4.79 Å². The zero-order chi connectivity index (χ0) is 21.6. The van der Waals surface area contributed by atoms with Gasteiger partial charge >= 0.3 is 0 Å². The summed E-state index contributed by atoms with van der Waals surface area (Å²) in [6.45, 7) is -0.185. The normalized spacial score (nSPS) is 10.5. The molecule has 3 aromatic carbocycles. The Morgan fingerprint density at radius 2 is 1.77 bits per heavy atom. The van der Waals surface area contributed by atoms with E-state index in [1.165, 1.54) is 11.3 Å². The lowest BCUT2D eigenvalue weighted by molar-refractivity contribution is -0.118. The number of nitrogens with one attached hydrogen (secondary N) is 2. The molecule has 2 N–H and O–H groups in total. The Morgan fingerprint density at radius 1 is 0.935 bits per heavy atom. The molecule has 0 aliphatic heterocycles. The van der Waals surface area contributed by atoms with Crippen molar-refractivity contribution in [3.05, 3.63) is 78.4 Å². The van der Waals surface area contributed by atoms with Gasteiger partial charge in [-0.05, 0) is 42.5 Å². The molecule has 2 amide bonds. The number of rotatable bonds is 7. The van der Waals surface area contributed by atoms with Crippen LogP contribution in [0.2, 0.25) is 0 Å². The van der Waals surface area contributed by atoms with Crippen molar-refractivity contribution in [1.82, 2.24) is 4.98 Å². The topological polar surface area (TPSA) is 89.6 Å². The van der Waals surface area contributed by atoms with Crippen molar-refractivity contribution in [2.75, 3.05) is 24.4 Å². The number of benzene rings is 3. The van der Waals surface area contributed by atoms with Gasteiger partial charge in [0, 0.05) is 17.3 Å². The van der Waals surface area contributed by atoms with Gasteiger partial charge in [-0.1, -0.05) is 35.6 Å². The van der Waals surface area contributed by atoms with Gasteiger partial charge in [0.25, 0.3) is 11.8 Å². The summed E-state index contributed by atoms with van der Waals surface area (Å²) in [5.74, 6) is 0.652. The van der Waals surface area contributed by atoms with Crippen LogP contribution < -0.4 is 20.1 Å². The number of fused-ring (bicyclic) bond motifs is 1.